The largest absolute Gasteiger partial charge is 0.310 e. The summed E-state index contributed by atoms with van der Waals surface area (Å²) in [5, 5.41) is 11.2. The Kier molecular flexibility index (Phi) is 4.21. The van der Waals surface area contributed by atoms with Crippen LogP contribution in [0, 0.1) is 17.0 Å². The van der Waals surface area contributed by atoms with Crippen molar-refractivity contribution in [2.75, 3.05) is 18.5 Å². The van der Waals surface area contributed by atoms with E-state index in [1.165, 1.54) is 21.9 Å². The molecule has 0 atom stereocenters. The fourth-order valence-corrected chi connectivity index (χ4v) is 4.29. The first-order valence-corrected chi connectivity index (χ1v) is 8.46. The van der Waals surface area contributed by atoms with Gasteiger partial charge in [-0.2, -0.15) is 0 Å². The van der Waals surface area contributed by atoms with Gasteiger partial charge in [0, 0.05) is 31.3 Å². The van der Waals surface area contributed by atoms with Gasteiger partial charge in [0.05, 0.1) is 21.1 Å². The molecule has 0 saturated carbocycles. The van der Waals surface area contributed by atoms with Crippen LogP contribution in [-0.4, -0.2) is 39.6 Å². The second-order valence-electron chi connectivity index (χ2n) is 5.56. The van der Waals surface area contributed by atoms with Crippen molar-refractivity contribution in [1.82, 2.24) is 4.90 Å². The maximum Gasteiger partial charge on any atom is 0.270 e. The van der Waals surface area contributed by atoms with Crippen LogP contribution in [0.4, 0.5) is 11.4 Å². The first-order chi connectivity index (χ1) is 11.8. The quantitative estimate of drug-likeness (QED) is 0.265. The highest BCUT2D eigenvalue weighted by atomic mass is 32.2. The normalized spacial score (nSPS) is 19.7. The van der Waals surface area contributed by atoms with E-state index < -0.39 is 4.92 Å². The number of hydrogen-bond acceptors (Lipinski definition) is 6. The molecular weight excluding hydrogens is 362 g/mol. The molecule has 25 heavy (non-hydrogen) atoms. The topological polar surface area (TPSA) is 83.8 Å². The Morgan fingerprint density at radius 2 is 2.04 bits per heavy atom. The summed E-state index contributed by atoms with van der Waals surface area (Å²) in [6, 6.07) is 2.74. The van der Waals surface area contributed by atoms with Gasteiger partial charge in [-0.1, -0.05) is 30.1 Å². The van der Waals surface area contributed by atoms with Crippen molar-refractivity contribution < 1.29 is 14.5 Å². The summed E-state index contributed by atoms with van der Waals surface area (Å²) in [5.41, 5.74) is 1.58. The Morgan fingerprint density at radius 1 is 1.36 bits per heavy atom. The van der Waals surface area contributed by atoms with Gasteiger partial charge < -0.3 is 4.90 Å². The molecule has 7 nitrogen and oxygen atoms in total. The van der Waals surface area contributed by atoms with Crippen LogP contribution in [0.25, 0.3) is 5.57 Å². The van der Waals surface area contributed by atoms with Crippen LogP contribution in [0.15, 0.2) is 29.7 Å². The Labute approximate surface area is 153 Å². The minimum absolute atomic E-state index is 0.126. The molecular formula is C16H13N3O4S2. The average molecular weight is 375 g/mol. The van der Waals surface area contributed by atoms with Gasteiger partial charge in [0.1, 0.15) is 4.32 Å². The monoisotopic (exact) mass is 375 g/mol. The fourth-order valence-electron chi connectivity index (χ4n) is 2.94. The molecule has 9 heteroatoms. The third kappa shape index (κ3) is 2.56. The van der Waals surface area contributed by atoms with Gasteiger partial charge >= 0.3 is 0 Å². The van der Waals surface area contributed by atoms with Crippen molar-refractivity contribution in [2.45, 2.75) is 6.92 Å². The minimum Gasteiger partial charge on any atom is -0.310 e. The van der Waals surface area contributed by atoms with E-state index in [-0.39, 0.29) is 34.5 Å². The molecule has 3 rings (SSSR count). The van der Waals surface area contributed by atoms with Crippen molar-refractivity contribution in [3.63, 3.8) is 0 Å². The number of non-ortho nitro benzene ring substituents is 1. The molecule has 2 aliphatic heterocycles. The molecule has 1 saturated heterocycles. The van der Waals surface area contributed by atoms with E-state index >= 15 is 0 Å². The molecule has 2 heterocycles. The van der Waals surface area contributed by atoms with Crippen molar-refractivity contribution >= 4 is 57.1 Å². The summed E-state index contributed by atoms with van der Waals surface area (Å²) in [7, 11) is 1.58. The third-order valence-electron chi connectivity index (χ3n) is 4.01. The number of carbonyl (C=O) groups is 2. The van der Waals surface area contributed by atoms with E-state index in [0.29, 0.717) is 21.1 Å². The maximum absolute atomic E-state index is 12.8. The predicted octanol–water partition coefficient (Wildman–Crippen LogP) is 2.64. The number of hydrogen-bond donors (Lipinski definition) is 0. The number of fused-ring (bicyclic) bond motifs is 1. The molecule has 1 aromatic rings. The molecule has 0 N–H and O–H groups in total. The standard InChI is InChI=1S/C16H13N3O4S2/c1-4-5-18-15(21)13(25-16(18)24)11-10-7-9(19(22)23)6-8(2)12(10)17(3)14(11)20/h4,6-7H,1,5H2,2-3H3. The Bertz CT molecular complexity index is 907. The van der Waals surface area contributed by atoms with Gasteiger partial charge in [0.15, 0.2) is 0 Å². The van der Waals surface area contributed by atoms with Crippen molar-refractivity contribution in [1.29, 1.82) is 0 Å². The SMILES string of the molecule is C=CCN1C(=O)C(=C2C(=O)N(C)c3c(C)cc([N+](=O)[O-])cc32)SC1=S. The minimum atomic E-state index is -0.517. The summed E-state index contributed by atoms with van der Waals surface area (Å²) >= 11 is 6.24. The Morgan fingerprint density at radius 3 is 2.64 bits per heavy atom. The van der Waals surface area contributed by atoms with Gasteiger partial charge in [0.25, 0.3) is 17.5 Å². The summed E-state index contributed by atoms with van der Waals surface area (Å²) in [5.74, 6) is -0.763. The van der Waals surface area contributed by atoms with Crippen molar-refractivity contribution in [3.8, 4) is 0 Å². The highest BCUT2D eigenvalue weighted by Gasteiger charge is 2.42. The Balaban J connectivity index is 2.25. The zero-order valence-electron chi connectivity index (χ0n) is 13.4. The highest BCUT2D eigenvalue weighted by molar-refractivity contribution is 8.26. The third-order valence-corrected chi connectivity index (χ3v) is 5.46. The lowest BCUT2D eigenvalue weighted by molar-refractivity contribution is -0.384. The second-order valence-corrected chi connectivity index (χ2v) is 7.20. The molecule has 0 radical (unpaired) electrons. The van der Waals surface area contributed by atoms with Gasteiger partial charge in [-0.15, -0.1) is 6.58 Å². The molecule has 2 aliphatic rings. The summed E-state index contributed by atoms with van der Waals surface area (Å²) in [4.78, 5) is 39.0. The molecule has 0 aliphatic carbocycles. The highest BCUT2D eigenvalue weighted by Crippen LogP contribution is 2.46. The van der Waals surface area contributed by atoms with Crippen molar-refractivity contribution in [3.05, 3.63) is 50.9 Å². The number of nitrogens with zero attached hydrogens (tertiary/aromatic N) is 3. The predicted molar refractivity (Wildman–Crippen MR) is 100 cm³/mol. The molecule has 0 aromatic heterocycles. The number of nitro groups is 1. The van der Waals surface area contributed by atoms with Gasteiger partial charge in [0.2, 0.25) is 0 Å². The van der Waals surface area contributed by atoms with E-state index in [4.69, 9.17) is 12.2 Å². The number of benzene rings is 1. The number of thioether (sulfide) groups is 1. The number of rotatable bonds is 3. The van der Waals surface area contributed by atoms with Crippen molar-refractivity contribution in [2.24, 2.45) is 0 Å². The van der Waals surface area contributed by atoms with Crippen LogP contribution in [0.3, 0.4) is 0 Å². The summed E-state index contributed by atoms with van der Waals surface area (Å²) in [6.07, 6.45) is 1.55. The summed E-state index contributed by atoms with van der Waals surface area (Å²) < 4.78 is 0.332. The first kappa shape index (κ1) is 17.3. The molecule has 1 fully saturated rings. The van der Waals surface area contributed by atoms with Gasteiger partial charge in [-0.05, 0) is 12.5 Å². The zero-order valence-corrected chi connectivity index (χ0v) is 15.1. The Hall–Kier alpha value is -2.52. The number of amides is 2. The zero-order chi connectivity index (χ0) is 18.5. The number of aryl methyl sites for hydroxylation is 1. The van der Waals surface area contributed by atoms with Crippen LogP contribution in [0.2, 0.25) is 0 Å². The lowest BCUT2D eigenvalue weighted by atomic mass is 10.0. The van der Waals surface area contributed by atoms with Crippen LogP contribution in [0.5, 0.6) is 0 Å². The molecule has 0 bridgehead atoms. The molecule has 1 aromatic carbocycles. The van der Waals surface area contributed by atoms with E-state index in [9.17, 15) is 19.7 Å². The molecule has 128 valence electrons. The maximum atomic E-state index is 12.8. The molecule has 2 amide bonds. The summed E-state index contributed by atoms with van der Waals surface area (Å²) in [6.45, 7) is 5.53. The van der Waals surface area contributed by atoms with Crippen LogP contribution < -0.4 is 4.90 Å². The van der Waals surface area contributed by atoms with E-state index in [2.05, 4.69) is 6.58 Å². The number of anilines is 1. The first-order valence-electron chi connectivity index (χ1n) is 7.24. The molecule has 0 spiro atoms. The number of nitro benzene ring substituents is 1. The van der Waals surface area contributed by atoms with E-state index in [1.54, 1.807) is 20.0 Å². The van der Waals surface area contributed by atoms with Gasteiger partial charge in [-0.3, -0.25) is 24.6 Å². The van der Waals surface area contributed by atoms with Gasteiger partial charge in [-0.25, -0.2) is 0 Å². The average Bonchev–Trinajstić information content (AvgIpc) is 2.96. The van der Waals surface area contributed by atoms with Crippen LogP contribution >= 0.6 is 24.0 Å². The lowest BCUT2D eigenvalue weighted by Gasteiger charge is -2.11. The van der Waals surface area contributed by atoms with E-state index in [0.717, 1.165) is 11.8 Å². The molecule has 0 unspecified atom stereocenters. The lowest BCUT2D eigenvalue weighted by Crippen LogP contribution is -2.28. The second kappa shape index (κ2) is 6.08. The number of carbonyl (C=O) groups excluding carboxylic acids is 2. The van der Waals surface area contributed by atoms with Crippen LogP contribution in [0.1, 0.15) is 11.1 Å². The van der Waals surface area contributed by atoms with Crippen LogP contribution in [-0.2, 0) is 9.59 Å². The fraction of sp³-hybridized carbons (Fsp3) is 0.188. The number of likely N-dealkylation sites (N-methyl/N-ethyl adjacent to an activating group) is 1. The number of thiocarbonyl (C=S) groups is 1. The van der Waals surface area contributed by atoms with E-state index in [1.807, 2.05) is 0 Å². The smallest absolute Gasteiger partial charge is 0.270 e.